The van der Waals surface area contributed by atoms with Gasteiger partial charge in [-0.05, 0) is 47.0 Å². The molecule has 0 bridgehead atoms. The van der Waals surface area contributed by atoms with Crippen LogP contribution < -0.4 is 5.32 Å². The number of carboxylic acid groups (broad SMARTS) is 1. The molecule has 6 rings (SSSR count). The van der Waals surface area contributed by atoms with Gasteiger partial charge in [-0.15, -0.1) is 0 Å². The molecule has 0 fully saturated rings. The molecular weight excluding hydrogens is 510 g/mol. The van der Waals surface area contributed by atoms with Gasteiger partial charge < -0.3 is 19.6 Å². The third-order valence-electron chi connectivity index (χ3n) is 7.30. The zero-order valence-corrected chi connectivity index (χ0v) is 22.4. The fraction of sp³-hybridized carbons (Fsp3) is 0.0857. The lowest BCUT2D eigenvalue weighted by Crippen LogP contribution is -2.43. The Kier molecular flexibility index (Phi) is 7.20. The molecule has 0 spiro atoms. The van der Waals surface area contributed by atoms with Gasteiger partial charge in [0.2, 0.25) is 0 Å². The van der Waals surface area contributed by atoms with Gasteiger partial charge in [0.1, 0.15) is 11.7 Å². The largest absolute Gasteiger partial charge is 0.480 e. The summed E-state index contributed by atoms with van der Waals surface area (Å²) >= 11 is 0. The molecule has 2 aromatic heterocycles. The summed E-state index contributed by atoms with van der Waals surface area (Å²) in [5.74, 6) is -1.51. The summed E-state index contributed by atoms with van der Waals surface area (Å²) in [5, 5.41) is 13.9. The van der Waals surface area contributed by atoms with E-state index in [0.29, 0.717) is 12.2 Å². The molecule has 0 radical (unpaired) electrons. The summed E-state index contributed by atoms with van der Waals surface area (Å²) in [7, 11) is 0. The van der Waals surface area contributed by atoms with Gasteiger partial charge in [-0.25, -0.2) is 4.79 Å². The fourth-order valence-electron chi connectivity index (χ4n) is 5.35. The molecule has 41 heavy (non-hydrogen) atoms. The van der Waals surface area contributed by atoms with E-state index in [1.807, 2.05) is 137 Å². The van der Waals surface area contributed by atoms with Gasteiger partial charge in [-0.1, -0.05) is 91.0 Å². The second kappa shape index (κ2) is 11.4. The number of aliphatic carboxylic acids is 1. The molecule has 1 atom stereocenters. The molecule has 6 heteroatoms. The van der Waals surface area contributed by atoms with Crippen molar-refractivity contribution >= 4 is 22.8 Å². The van der Waals surface area contributed by atoms with E-state index in [-0.39, 0.29) is 6.42 Å². The van der Waals surface area contributed by atoms with Crippen LogP contribution in [0, 0.1) is 0 Å². The van der Waals surface area contributed by atoms with Crippen LogP contribution in [0.4, 0.5) is 0 Å². The molecule has 0 saturated heterocycles. The van der Waals surface area contributed by atoms with Crippen molar-refractivity contribution in [2.45, 2.75) is 19.0 Å². The van der Waals surface area contributed by atoms with Crippen LogP contribution in [0.25, 0.3) is 27.7 Å². The summed E-state index contributed by atoms with van der Waals surface area (Å²) in [5.41, 5.74) is 5.82. The quantitative estimate of drug-likeness (QED) is 0.218. The van der Waals surface area contributed by atoms with Gasteiger partial charge in [0.15, 0.2) is 0 Å². The lowest BCUT2D eigenvalue weighted by molar-refractivity contribution is -0.139. The minimum atomic E-state index is -1.09. The third-order valence-corrected chi connectivity index (χ3v) is 7.30. The molecule has 1 unspecified atom stereocenters. The Morgan fingerprint density at radius 1 is 0.732 bits per heavy atom. The van der Waals surface area contributed by atoms with E-state index in [0.717, 1.165) is 38.8 Å². The van der Waals surface area contributed by atoms with Crippen molar-refractivity contribution in [3.05, 3.63) is 151 Å². The first-order chi connectivity index (χ1) is 20.1. The molecule has 1 amide bonds. The highest BCUT2D eigenvalue weighted by Gasteiger charge is 2.28. The van der Waals surface area contributed by atoms with Gasteiger partial charge in [-0.3, -0.25) is 4.79 Å². The van der Waals surface area contributed by atoms with Crippen molar-refractivity contribution < 1.29 is 14.7 Å². The number of carbonyl (C=O) groups is 2. The minimum Gasteiger partial charge on any atom is -0.480 e. The van der Waals surface area contributed by atoms with Crippen LogP contribution in [0.2, 0.25) is 0 Å². The maximum atomic E-state index is 14.2. The zero-order valence-electron chi connectivity index (χ0n) is 22.4. The summed E-state index contributed by atoms with van der Waals surface area (Å²) < 4.78 is 4.03. The molecule has 0 aliphatic heterocycles. The monoisotopic (exact) mass is 539 g/mol. The number of rotatable bonds is 9. The number of hydrogen-bond donors (Lipinski definition) is 2. The molecule has 6 aromatic rings. The van der Waals surface area contributed by atoms with Crippen molar-refractivity contribution in [3.8, 4) is 16.8 Å². The average Bonchev–Trinajstić information content (AvgIpc) is 3.65. The van der Waals surface area contributed by atoms with Crippen LogP contribution in [0.3, 0.4) is 0 Å². The molecule has 2 N–H and O–H groups in total. The summed E-state index contributed by atoms with van der Waals surface area (Å²) in [6.45, 7) is 0.451. The molecule has 2 heterocycles. The molecule has 6 nitrogen and oxygen atoms in total. The number of aromatic nitrogens is 2. The van der Waals surface area contributed by atoms with Crippen LogP contribution in [-0.2, 0) is 17.8 Å². The normalized spacial score (nSPS) is 11.8. The van der Waals surface area contributed by atoms with Gasteiger partial charge in [0.25, 0.3) is 5.91 Å². The van der Waals surface area contributed by atoms with Crippen LogP contribution in [0.1, 0.15) is 21.6 Å². The van der Waals surface area contributed by atoms with Gasteiger partial charge in [0, 0.05) is 47.5 Å². The van der Waals surface area contributed by atoms with Crippen molar-refractivity contribution in [1.82, 2.24) is 14.5 Å². The number of hydrogen-bond acceptors (Lipinski definition) is 2. The van der Waals surface area contributed by atoms with Crippen molar-refractivity contribution in [1.29, 1.82) is 0 Å². The minimum absolute atomic E-state index is 0.180. The van der Waals surface area contributed by atoms with E-state index in [1.165, 1.54) is 0 Å². The fourth-order valence-corrected chi connectivity index (χ4v) is 5.35. The molecular formula is C35H29N3O3. The predicted octanol–water partition coefficient (Wildman–Crippen LogP) is 6.57. The Balaban J connectivity index is 1.53. The number of benzene rings is 4. The zero-order chi connectivity index (χ0) is 28.2. The van der Waals surface area contributed by atoms with Crippen LogP contribution in [-0.4, -0.2) is 32.2 Å². The Hall–Kier alpha value is -5.36. The molecule has 0 aliphatic rings. The van der Waals surface area contributed by atoms with E-state index in [1.54, 1.807) is 0 Å². The molecule has 202 valence electrons. The smallest absolute Gasteiger partial charge is 0.326 e. The summed E-state index contributed by atoms with van der Waals surface area (Å²) in [6.07, 6.45) is 4.15. The first-order valence-corrected chi connectivity index (χ1v) is 13.5. The highest BCUT2D eigenvalue weighted by molar-refractivity contribution is 6.11. The van der Waals surface area contributed by atoms with Gasteiger partial charge in [0.05, 0.1) is 0 Å². The van der Waals surface area contributed by atoms with Crippen LogP contribution in [0.5, 0.6) is 0 Å². The number of nitrogens with one attached hydrogen (secondary N) is 1. The average molecular weight is 540 g/mol. The van der Waals surface area contributed by atoms with E-state index in [2.05, 4.69) is 11.4 Å². The number of carbonyl (C=O) groups excluding carboxylic acids is 1. The number of amides is 1. The van der Waals surface area contributed by atoms with Gasteiger partial charge in [-0.2, -0.15) is 0 Å². The Bertz CT molecular complexity index is 1790. The van der Waals surface area contributed by atoms with E-state index in [4.69, 9.17) is 0 Å². The number of fused-ring (bicyclic) bond motifs is 1. The van der Waals surface area contributed by atoms with Crippen LogP contribution >= 0.6 is 0 Å². The number of carboxylic acids is 1. The maximum absolute atomic E-state index is 14.2. The van der Waals surface area contributed by atoms with Gasteiger partial charge >= 0.3 is 5.97 Å². The highest BCUT2D eigenvalue weighted by Crippen LogP contribution is 2.37. The van der Waals surface area contributed by atoms with Crippen molar-refractivity contribution in [2.24, 2.45) is 0 Å². The first kappa shape index (κ1) is 25.9. The van der Waals surface area contributed by atoms with E-state index in [9.17, 15) is 14.7 Å². The predicted molar refractivity (Wildman–Crippen MR) is 161 cm³/mol. The van der Waals surface area contributed by atoms with E-state index < -0.39 is 17.9 Å². The Labute approximate surface area is 238 Å². The standard InChI is InChI=1S/C35H29N3O3/c39-34(36-30(35(40)41)22-25-12-4-1-5-13-25)33-32(27-16-8-3-9-17-27)29-23-28(37-20-10-11-21-37)18-19-31(29)38(33)24-26-14-6-2-7-15-26/h1-21,23,30H,22,24H2,(H,36,39)(H,40,41). The first-order valence-electron chi connectivity index (χ1n) is 13.5. The van der Waals surface area contributed by atoms with Crippen molar-refractivity contribution in [2.75, 3.05) is 0 Å². The Morgan fingerprint density at radius 2 is 1.34 bits per heavy atom. The van der Waals surface area contributed by atoms with E-state index >= 15 is 0 Å². The second-order valence-electron chi connectivity index (χ2n) is 10.0. The molecule has 4 aromatic carbocycles. The Morgan fingerprint density at radius 3 is 1.98 bits per heavy atom. The summed E-state index contributed by atoms with van der Waals surface area (Å²) in [4.78, 5) is 26.6. The van der Waals surface area contributed by atoms with Crippen LogP contribution in [0.15, 0.2) is 134 Å². The lowest BCUT2D eigenvalue weighted by Gasteiger charge is -2.17. The number of nitrogens with zero attached hydrogens (tertiary/aromatic N) is 2. The second-order valence-corrected chi connectivity index (χ2v) is 10.0. The highest BCUT2D eigenvalue weighted by atomic mass is 16.4. The SMILES string of the molecule is O=C(NC(Cc1ccccc1)C(=O)O)c1c(-c2ccccc2)c2cc(-n3cccc3)ccc2n1Cc1ccccc1. The molecule has 0 saturated carbocycles. The molecule has 0 aliphatic carbocycles. The third kappa shape index (κ3) is 5.40. The summed E-state index contributed by atoms with van der Waals surface area (Å²) in [6, 6.07) is 38.1. The van der Waals surface area contributed by atoms with Crippen molar-refractivity contribution in [3.63, 3.8) is 0 Å². The topological polar surface area (TPSA) is 76.3 Å². The lowest BCUT2D eigenvalue weighted by atomic mass is 10.0. The maximum Gasteiger partial charge on any atom is 0.326 e.